The smallest absolute Gasteiger partial charge is 0.229 e. The van der Waals surface area contributed by atoms with Crippen LogP contribution >= 0.6 is 0 Å². The molecule has 0 aromatic carbocycles. The normalized spacial score (nSPS) is 13.8. The molecule has 2 rings (SSSR count). The number of nitrogens with one attached hydrogen (secondary N) is 1. The lowest BCUT2D eigenvalue weighted by Crippen LogP contribution is -2.44. The van der Waals surface area contributed by atoms with E-state index in [4.69, 9.17) is 4.74 Å². The van der Waals surface area contributed by atoms with Crippen LogP contribution in [-0.2, 0) is 4.79 Å². The van der Waals surface area contributed by atoms with E-state index >= 15 is 0 Å². The van der Waals surface area contributed by atoms with Gasteiger partial charge in [0.25, 0.3) is 0 Å². The van der Waals surface area contributed by atoms with Crippen molar-refractivity contribution in [2.75, 3.05) is 37.7 Å². The Morgan fingerprint density at radius 1 is 1.13 bits per heavy atom. The first-order chi connectivity index (χ1) is 14.7. The summed E-state index contributed by atoms with van der Waals surface area (Å²) in [5.74, 6) is 1.19. The summed E-state index contributed by atoms with van der Waals surface area (Å²) in [4.78, 5) is 25.0. The van der Waals surface area contributed by atoms with E-state index in [-0.39, 0.29) is 12.5 Å². The number of carbonyl (C=O) groups is 1. The molecule has 0 aliphatic carbocycles. The fraction of sp³-hybridized carbons (Fsp3) is 0.458. The summed E-state index contributed by atoms with van der Waals surface area (Å²) in [5.41, 5.74) is 0.776. The van der Waals surface area contributed by atoms with E-state index in [2.05, 4.69) is 44.8 Å². The van der Waals surface area contributed by atoms with Crippen LogP contribution in [0.5, 0.6) is 5.75 Å². The Labute approximate surface area is 187 Å². The highest BCUT2D eigenvalue weighted by atomic mass is 16.5. The van der Waals surface area contributed by atoms with Gasteiger partial charge in [-0.1, -0.05) is 60.4 Å². The summed E-state index contributed by atoms with van der Waals surface area (Å²) >= 11 is 0. The largest absolute Gasteiger partial charge is 0.486 e. The number of aromatic nitrogens is 2. The van der Waals surface area contributed by atoms with Crippen LogP contribution in [0, 0.1) is 5.41 Å². The van der Waals surface area contributed by atoms with Gasteiger partial charge in [-0.05, 0) is 17.8 Å². The van der Waals surface area contributed by atoms with Crippen LogP contribution in [0.15, 0.2) is 61.8 Å². The van der Waals surface area contributed by atoms with Gasteiger partial charge in [-0.15, -0.1) is 0 Å². The van der Waals surface area contributed by atoms with Gasteiger partial charge in [0.15, 0.2) is 5.75 Å². The van der Waals surface area contributed by atoms with E-state index in [1.165, 1.54) is 0 Å². The summed E-state index contributed by atoms with van der Waals surface area (Å²) < 4.78 is 5.68. The second-order valence-electron chi connectivity index (χ2n) is 7.93. The van der Waals surface area contributed by atoms with E-state index in [0.717, 1.165) is 31.8 Å². The monoisotopic (exact) mass is 427 g/mol. The molecule has 0 unspecified atom stereocenters. The lowest BCUT2D eigenvalue weighted by Gasteiger charge is -2.33. The summed E-state index contributed by atoms with van der Waals surface area (Å²) in [5, 5.41) is 2.76. The molecule has 1 fully saturated rings. The first kappa shape index (κ1) is 25.9. The van der Waals surface area contributed by atoms with Crippen LogP contribution in [0.4, 0.5) is 5.95 Å². The number of allylic oxidation sites excluding steroid dienone is 1. The zero-order valence-corrected chi connectivity index (χ0v) is 19.6. The van der Waals surface area contributed by atoms with Crippen molar-refractivity contribution in [1.82, 2.24) is 20.2 Å². The molecule has 0 bridgehead atoms. The molecular weight excluding hydrogens is 390 g/mol. The van der Waals surface area contributed by atoms with Crippen molar-refractivity contribution in [2.24, 2.45) is 5.41 Å². The van der Waals surface area contributed by atoms with E-state index in [9.17, 15) is 4.79 Å². The van der Waals surface area contributed by atoms with Gasteiger partial charge in [0.2, 0.25) is 11.9 Å². The van der Waals surface area contributed by atoms with Crippen molar-refractivity contribution in [2.45, 2.75) is 34.6 Å². The predicted molar refractivity (Wildman–Crippen MR) is 128 cm³/mol. The maximum atomic E-state index is 11.9. The second-order valence-corrected chi connectivity index (χ2v) is 7.93. The second kappa shape index (κ2) is 12.6. The number of ether oxygens (including phenoxy) is 1. The molecule has 7 nitrogen and oxygen atoms in total. The zero-order chi connectivity index (χ0) is 23.4. The molecule has 31 heavy (non-hydrogen) atoms. The Morgan fingerprint density at radius 3 is 2.23 bits per heavy atom. The minimum Gasteiger partial charge on any atom is -0.486 e. The SMILES string of the molecule is C=CN1CCN(c2ncc(OCC(=C)/C=C\C(=C)NC(=O)C(C)(C)C)cn2)CC1.CC. The van der Waals surface area contributed by atoms with Crippen molar-refractivity contribution in [3.05, 3.63) is 61.8 Å². The van der Waals surface area contributed by atoms with E-state index < -0.39 is 5.41 Å². The number of rotatable bonds is 8. The van der Waals surface area contributed by atoms with Crippen LogP contribution in [0.25, 0.3) is 0 Å². The Bertz CT molecular complexity index is 770. The number of hydrogen-bond acceptors (Lipinski definition) is 6. The highest BCUT2D eigenvalue weighted by molar-refractivity contribution is 5.83. The van der Waals surface area contributed by atoms with Gasteiger partial charge in [0.05, 0.1) is 12.4 Å². The molecule has 7 heteroatoms. The Balaban J connectivity index is 0.00000233. The molecule has 1 N–H and O–H groups in total. The molecule has 0 spiro atoms. The quantitative estimate of drug-likeness (QED) is 0.634. The molecule has 170 valence electrons. The lowest BCUT2D eigenvalue weighted by molar-refractivity contribution is -0.127. The molecule has 1 amide bonds. The first-order valence-corrected chi connectivity index (χ1v) is 10.6. The number of anilines is 1. The fourth-order valence-electron chi connectivity index (χ4n) is 2.47. The fourth-order valence-corrected chi connectivity index (χ4v) is 2.47. The summed E-state index contributed by atoms with van der Waals surface area (Å²) in [6, 6.07) is 0. The molecular formula is C24H37N5O2. The number of nitrogens with zero attached hydrogens (tertiary/aromatic N) is 4. The molecule has 1 saturated heterocycles. The third-order valence-corrected chi connectivity index (χ3v) is 4.37. The standard InChI is InChI=1S/C22H31N5O2.C2H6/c1-7-26-10-12-27(13-11-26)21-23-14-19(15-24-21)29-16-17(2)8-9-18(3)25-20(28)22(4,5)6;1-2/h7-9,14-15H,1-3,10-13,16H2,4-6H3,(H,25,28);1-2H3/b9-8-;. The van der Waals surface area contributed by atoms with Crippen LogP contribution in [-0.4, -0.2) is 53.6 Å². The predicted octanol–water partition coefficient (Wildman–Crippen LogP) is 3.94. The third kappa shape index (κ3) is 9.07. The van der Waals surface area contributed by atoms with E-state index in [0.29, 0.717) is 17.4 Å². The van der Waals surface area contributed by atoms with Crippen LogP contribution in [0.1, 0.15) is 34.6 Å². The summed E-state index contributed by atoms with van der Waals surface area (Å²) in [6.45, 7) is 25.0. The number of amides is 1. The van der Waals surface area contributed by atoms with E-state index in [1.54, 1.807) is 24.5 Å². The Hall–Kier alpha value is -3.09. The maximum absolute atomic E-state index is 11.9. The molecule has 1 aromatic heterocycles. The minimum atomic E-state index is -0.470. The molecule has 0 atom stereocenters. The Kier molecular flexibility index (Phi) is 10.5. The average Bonchev–Trinajstić information content (AvgIpc) is 2.77. The van der Waals surface area contributed by atoms with Gasteiger partial charge < -0.3 is 19.9 Å². The number of piperazine rings is 1. The number of hydrogen-bond donors (Lipinski definition) is 1. The molecule has 0 saturated carbocycles. The van der Waals surface area contributed by atoms with Crippen LogP contribution in [0.3, 0.4) is 0 Å². The summed E-state index contributed by atoms with van der Waals surface area (Å²) in [7, 11) is 0. The summed E-state index contributed by atoms with van der Waals surface area (Å²) in [6.07, 6.45) is 8.67. The van der Waals surface area contributed by atoms with Crippen molar-refractivity contribution in [3.63, 3.8) is 0 Å². The Morgan fingerprint density at radius 2 is 1.71 bits per heavy atom. The van der Waals surface area contributed by atoms with Gasteiger partial charge in [-0.25, -0.2) is 9.97 Å². The maximum Gasteiger partial charge on any atom is 0.229 e. The average molecular weight is 428 g/mol. The molecule has 1 aromatic rings. The van der Waals surface area contributed by atoms with Crippen LogP contribution < -0.4 is 15.0 Å². The third-order valence-electron chi connectivity index (χ3n) is 4.37. The van der Waals surface area contributed by atoms with Gasteiger partial charge in [0.1, 0.15) is 6.61 Å². The zero-order valence-electron chi connectivity index (χ0n) is 19.6. The van der Waals surface area contributed by atoms with E-state index in [1.807, 2.05) is 40.8 Å². The number of carbonyl (C=O) groups excluding carboxylic acids is 1. The minimum absolute atomic E-state index is 0.0860. The molecule has 0 radical (unpaired) electrons. The van der Waals surface area contributed by atoms with Crippen LogP contribution in [0.2, 0.25) is 0 Å². The molecule has 1 aliphatic rings. The van der Waals surface area contributed by atoms with Gasteiger partial charge in [0, 0.05) is 37.3 Å². The molecule has 1 aliphatic heterocycles. The topological polar surface area (TPSA) is 70.6 Å². The highest BCUT2D eigenvalue weighted by Gasteiger charge is 2.21. The van der Waals surface area contributed by atoms with Gasteiger partial charge in [-0.2, -0.15) is 0 Å². The van der Waals surface area contributed by atoms with Crippen molar-refractivity contribution < 1.29 is 9.53 Å². The highest BCUT2D eigenvalue weighted by Crippen LogP contribution is 2.15. The van der Waals surface area contributed by atoms with Crippen molar-refractivity contribution in [3.8, 4) is 5.75 Å². The lowest BCUT2D eigenvalue weighted by atomic mass is 9.95. The van der Waals surface area contributed by atoms with Crippen molar-refractivity contribution >= 4 is 11.9 Å². The first-order valence-electron chi connectivity index (χ1n) is 10.6. The van der Waals surface area contributed by atoms with Crippen molar-refractivity contribution in [1.29, 1.82) is 0 Å². The van der Waals surface area contributed by atoms with Gasteiger partial charge >= 0.3 is 0 Å². The van der Waals surface area contributed by atoms with Gasteiger partial charge in [-0.3, -0.25) is 4.79 Å². The molecule has 2 heterocycles.